The van der Waals surface area contributed by atoms with Crippen molar-refractivity contribution in [3.8, 4) is 0 Å². The van der Waals surface area contributed by atoms with Gasteiger partial charge >= 0.3 is 0 Å². The van der Waals surface area contributed by atoms with Gasteiger partial charge in [-0.1, -0.05) is 6.42 Å². The van der Waals surface area contributed by atoms with Crippen molar-refractivity contribution in [1.82, 2.24) is 19.7 Å². The van der Waals surface area contributed by atoms with E-state index in [9.17, 15) is 9.18 Å². The standard InChI is InChI=1S/C16H16FN5O/c1-22-8-12(11-7-10(17)5-6-13(11)22)15(23)19-16-18-14(20-21-16)9-3-2-4-9/h5-9H,2-4H2,1H3,(H2,18,19,20,21,23). The Kier molecular flexibility index (Phi) is 3.14. The summed E-state index contributed by atoms with van der Waals surface area (Å²) < 4.78 is 15.3. The Labute approximate surface area is 131 Å². The van der Waals surface area contributed by atoms with Crippen molar-refractivity contribution in [1.29, 1.82) is 0 Å². The predicted molar refractivity (Wildman–Crippen MR) is 83.8 cm³/mol. The van der Waals surface area contributed by atoms with Gasteiger partial charge < -0.3 is 4.57 Å². The summed E-state index contributed by atoms with van der Waals surface area (Å²) in [7, 11) is 1.82. The lowest BCUT2D eigenvalue weighted by molar-refractivity contribution is 0.102. The van der Waals surface area contributed by atoms with Crippen molar-refractivity contribution in [3.63, 3.8) is 0 Å². The third-order valence-corrected chi connectivity index (χ3v) is 4.42. The van der Waals surface area contributed by atoms with Crippen LogP contribution < -0.4 is 5.32 Å². The number of rotatable bonds is 3. The summed E-state index contributed by atoms with van der Waals surface area (Å²) in [5, 5.41) is 10.2. The Morgan fingerprint density at radius 3 is 3.00 bits per heavy atom. The fourth-order valence-electron chi connectivity index (χ4n) is 2.91. The summed E-state index contributed by atoms with van der Waals surface area (Å²) in [5.41, 5.74) is 1.19. The van der Waals surface area contributed by atoms with E-state index in [0.717, 1.165) is 24.2 Å². The lowest BCUT2D eigenvalue weighted by atomic mass is 9.85. The van der Waals surface area contributed by atoms with Crippen LogP contribution in [-0.4, -0.2) is 25.7 Å². The quantitative estimate of drug-likeness (QED) is 0.780. The van der Waals surface area contributed by atoms with Gasteiger partial charge in [-0.05, 0) is 31.0 Å². The topological polar surface area (TPSA) is 75.6 Å². The molecule has 2 N–H and O–H groups in total. The number of nitrogens with zero attached hydrogens (tertiary/aromatic N) is 3. The number of aromatic amines is 1. The van der Waals surface area contributed by atoms with Crippen LogP contribution in [0.1, 0.15) is 41.4 Å². The summed E-state index contributed by atoms with van der Waals surface area (Å²) in [4.78, 5) is 16.8. The van der Waals surface area contributed by atoms with Gasteiger partial charge in [0, 0.05) is 30.1 Å². The molecule has 4 rings (SSSR count). The summed E-state index contributed by atoms with van der Waals surface area (Å²) in [6.07, 6.45) is 5.09. The maximum Gasteiger partial charge on any atom is 0.260 e. The van der Waals surface area contributed by atoms with Gasteiger partial charge in [0.25, 0.3) is 5.91 Å². The van der Waals surface area contributed by atoms with Crippen molar-refractivity contribution in [2.24, 2.45) is 7.05 Å². The number of amides is 1. The molecule has 0 bridgehead atoms. The number of hydrogen-bond donors (Lipinski definition) is 2. The van der Waals surface area contributed by atoms with Crippen molar-refractivity contribution < 1.29 is 9.18 Å². The fourth-order valence-corrected chi connectivity index (χ4v) is 2.91. The molecule has 0 saturated heterocycles. The molecule has 2 aromatic heterocycles. The average molecular weight is 313 g/mol. The first-order valence-corrected chi connectivity index (χ1v) is 7.60. The first kappa shape index (κ1) is 13.9. The summed E-state index contributed by atoms with van der Waals surface area (Å²) in [5.74, 6) is 0.767. The number of H-pyrrole nitrogens is 1. The Bertz CT molecular complexity index is 893. The fraction of sp³-hybridized carbons (Fsp3) is 0.312. The summed E-state index contributed by atoms with van der Waals surface area (Å²) >= 11 is 0. The molecule has 6 nitrogen and oxygen atoms in total. The Morgan fingerprint density at radius 1 is 1.43 bits per heavy atom. The molecule has 23 heavy (non-hydrogen) atoms. The van der Waals surface area contributed by atoms with E-state index in [0.29, 0.717) is 16.9 Å². The minimum absolute atomic E-state index is 0.255. The molecule has 7 heteroatoms. The van der Waals surface area contributed by atoms with E-state index < -0.39 is 0 Å². The number of anilines is 1. The lowest BCUT2D eigenvalue weighted by Gasteiger charge is -2.22. The van der Waals surface area contributed by atoms with Crippen molar-refractivity contribution in [2.45, 2.75) is 25.2 Å². The first-order chi connectivity index (χ1) is 11.1. The second kappa shape index (κ2) is 5.19. The minimum Gasteiger partial charge on any atom is -0.350 e. The van der Waals surface area contributed by atoms with Gasteiger partial charge in [0.15, 0.2) is 0 Å². The SMILES string of the molecule is Cn1cc(C(=O)Nc2n[nH]c(C3CCC3)n2)c2cc(F)ccc21. The van der Waals surface area contributed by atoms with E-state index in [1.54, 1.807) is 16.8 Å². The van der Waals surface area contributed by atoms with Crippen LogP contribution in [0.4, 0.5) is 10.3 Å². The molecule has 0 aliphatic heterocycles. The molecule has 118 valence electrons. The van der Waals surface area contributed by atoms with Gasteiger partial charge in [0.05, 0.1) is 5.56 Å². The number of halogens is 1. The second-order valence-electron chi connectivity index (χ2n) is 5.94. The number of carbonyl (C=O) groups is 1. The zero-order valence-corrected chi connectivity index (χ0v) is 12.6. The highest BCUT2D eigenvalue weighted by atomic mass is 19.1. The van der Waals surface area contributed by atoms with Gasteiger partial charge in [0.1, 0.15) is 11.6 Å². The van der Waals surface area contributed by atoms with Crippen molar-refractivity contribution in [3.05, 3.63) is 41.6 Å². The minimum atomic E-state index is -0.372. The van der Waals surface area contributed by atoms with Gasteiger partial charge in [-0.25, -0.2) is 4.39 Å². The van der Waals surface area contributed by atoms with E-state index >= 15 is 0 Å². The number of aryl methyl sites for hydroxylation is 1. The molecular formula is C16H16FN5O. The second-order valence-corrected chi connectivity index (χ2v) is 5.94. The van der Waals surface area contributed by atoms with Crippen LogP contribution in [0.5, 0.6) is 0 Å². The molecule has 0 radical (unpaired) electrons. The average Bonchev–Trinajstić information content (AvgIpc) is 3.02. The van der Waals surface area contributed by atoms with Crippen molar-refractivity contribution in [2.75, 3.05) is 5.32 Å². The molecule has 0 atom stereocenters. The highest BCUT2D eigenvalue weighted by molar-refractivity contribution is 6.12. The van der Waals surface area contributed by atoms with Crippen LogP contribution in [0.3, 0.4) is 0 Å². The summed E-state index contributed by atoms with van der Waals surface area (Å²) in [6.45, 7) is 0. The molecule has 1 aromatic carbocycles. The number of aromatic nitrogens is 4. The van der Waals surface area contributed by atoms with Crippen molar-refractivity contribution >= 4 is 22.8 Å². The number of carbonyl (C=O) groups excluding carboxylic acids is 1. The number of hydrogen-bond acceptors (Lipinski definition) is 3. The van der Waals surface area contributed by atoms with Gasteiger partial charge in [0.2, 0.25) is 5.95 Å². The molecule has 2 heterocycles. The van der Waals surface area contributed by atoms with Gasteiger partial charge in [-0.2, -0.15) is 4.98 Å². The zero-order chi connectivity index (χ0) is 16.0. The normalized spacial score (nSPS) is 14.9. The molecule has 0 spiro atoms. The molecule has 0 unspecified atom stereocenters. The molecule has 1 amide bonds. The van der Waals surface area contributed by atoms with Crippen LogP contribution in [-0.2, 0) is 7.05 Å². The predicted octanol–water partition coefficient (Wildman–Crippen LogP) is 2.96. The van der Waals surface area contributed by atoms with E-state index in [2.05, 4.69) is 20.5 Å². The highest BCUT2D eigenvalue weighted by Gasteiger charge is 2.23. The van der Waals surface area contributed by atoms with Crippen LogP contribution in [0.25, 0.3) is 10.9 Å². The molecule has 1 fully saturated rings. The molecule has 3 aromatic rings. The molecule has 1 saturated carbocycles. The largest absolute Gasteiger partial charge is 0.350 e. The monoisotopic (exact) mass is 313 g/mol. The van der Waals surface area contributed by atoms with E-state index in [1.807, 2.05) is 7.05 Å². The Hall–Kier alpha value is -2.70. The lowest BCUT2D eigenvalue weighted by Crippen LogP contribution is -2.13. The number of benzene rings is 1. The zero-order valence-electron chi connectivity index (χ0n) is 12.6. The highest BCUT2D eigenvalue weighted by Crippen LogP contribution is 2.34. The summed E-state index contributed by atoms with van der Waals surface area (Å²) in [6, 6.07) is 4.40. The Balaban J connectivity index is 1.61. The van der Waals surface area contributed by atoms with Crippen LogP contribution in [0.15, 0.2) is 24.4 Å². The number of fused-ring (bicyclic) bond motifs is 1. The van der Waals surface area contributed by atoms with E-state index in [4.69, 9.17) is 0 Å². The van der Waals surface area contributed by atoms with Crippen LogP contribution >= 0.6 is 0 Å². The van der Waals surface area contributed by atoms with E-state index in [-0.39, 0.29) is 17.7 Å². The van der Waals surface area contributed by atoms with Gasteiger partial charge in [-0.3, -0.25) is 15.2 Å². The first-order valence-electron chi connectivity index (χ1n) is 7.60. The van der Waals surface area contributed by atoms with Gasteiger partial charge in [-0.15, -0.1) is 5.10 Å². The Morgan fingerprint density at radius 2 is 2.26 bits per heavy atom. The van der Waals surface area contributed by atoms with Crippen LogP contribution in [0.2, 0.25) is 0 Å². The van der Waals surface area contributed by atoms with E-state index in [1.165, 1.54) is 18.6 Å². The smallest absolute Gasteiger partial charge is 0.260 e. The molecular weight excluding hydrogens is 297 g/mol. The maximum atomic E-state index is 13.5. The maximum absolute atomic E-state index is 13.5. The number of nitrogens with one attached hydrogen (secondary N) is 2. The third kappa shape index (κ3) is 2.38. The third-order valence-electron chi connectivity index (χ3n) is 4.42. The molecule has 1 aliphatic rings. The molecule has 1 aliphatic carbocycles. The van der Waals surface area contributed by atoms with Crippen LogP contribution in [0, 0.1) is 5.82 Å².